The second-order valence-corrected chi connectivity index (χ2v) is 6.03. The summed E-state index contributed by atoms with van der Waals surface area (Å²) in [6.45, 7) is 4.63. The number of carbonyl (C=O) groups is 1. The van der Waals surface area contributed by atoms with E-state index in [1.807, 2.05) is 17.0 Å². The fourth-order valence-corrected chi connectivity index (χ4v) is 3.05. The van der Waals surface area contributed by atoms with Crippen molar-refractivity contribution >= 4 is 17.2 Å². The first-order chi connectivity index (χ1) is 9.74. The highest BCUT2D eigenvalue weighted by Gasteiger charge is 2.19. The number of carbonyl (C=O) groups excluding carboxylic acids is 1. The van der Waals surface area contributed by atoms with Crippen molar-refractivity contribution in [3.63, 3.8) is 0 Å². The van der Waals surface area contributed by atoms with Gasteiger partial charge in [0, 0.05) is 29.7 Å². The number of aromatic nitrogens is 1. The van der Waals surface area contributed by atoms with Crippen molar-refractivity contribution < 1.29 is 9.53 Å². The maximum Gasteiger partial charge on any atom is 0.254 e. The van der Waals surface area contributed by atoms with Crippen LogP contribution in [0.4, 0.5) is 0 Å². The maximum absolute atomic E-state index is 12.4. The topological polar surface area (TPSA) is 42.4 Å². The molecular weight excluding hydrogens is 272 g/mol. The molecule has 2 aromatic heterocycles. The standard InChI is InChI=1S/C15H16N2O2S/c1-11-2-3-14(20-11)13-10-12(4-5-16-13)15(18)17-6-8-19-9-7-17/h2-5,10H,6-9H2,1H3. The summed E-state index contributed by atoms with van der Waals surface area (Å²) >= 11 is 1.69. The highest BCUT2D eigenvalue weighted by Crippen LogP contribution is 2.26. The van der Waals surface area contributed by atoms with Crippen molar-refractivity contribution in [1.82, 2.24) is 9.88 Å². The van der Waals surface area contributed by atoms with Crippen LogP contribution in [-0.2, 0) is 4.74 Å². The van der Waals surface area contributed by atoms with Crippen molar-refractivity contribution in [2.45, 2.75) is 6.92 Å². The van der Waals surface area contributed by atoms with Gasteiger partial charge in [-0.15, -0.1) is 11.3 Å². The molecule has 20 heavy (non-hydrogen) atoms. The number of morpholine rings is 1. The number of ether oxygens (including phenoxy) is 1. The Labute approximate surface area is 122 Å². The van der Waals surface area contributed by atoms with Gasteiger partial charge >= 0.3 is 0 Å². The molecule has 3 rings (SSSR count). The van der Waals surface area contributed by atoms with Crippen LogP contribution >= 0.6 is 11.3 Å². The van der Waals surface area contributed by atoms with Crippen LogP contribution in [0.3, 0.4) is 0 Å². The molecule has 0 unspecified atom stereocenters. The first-order valence-electron chi connectivity index (χ1n) is 6.64. The van der Waals surface area contributed by atoms with Gasteiger partial charge in [-0.1, -0.05) is 0 Å². The predicted octanol–water partition coefficient (Wildman–Crippen LogP) is 2.59. The van der Waals surface area contributed by atoms with Crippen molar-refractivity contribution in [1.29, 1.82) is 0 Å². The lowest BCUT2D eigenvalue weighted by atomic mass is 10.2. The number of hydrogen-bond donors (Lipinski definition) is 0. The molecular formula is C15H16N2O2S. The summed E-state index contributed by atoms with van der Waals surface area (Å²) in [4.78, 5) is 21.0. The Morgan fingerprint density at radius 3 is 2.80 bits per heavy atom. The molecule has 4 nitrogen and oxygen atoms in total. The molecule has 0 radical (unpaired) electrons. The molecule has 3 heterocycles. The average molecular weight is 288 g/mol. The minimum Gasteiger partial charge on any atom is -0.378 e. The quantitative estimate of drug-likeness (QED) is 0.853. The molecule has 1 amide bonds. The van der Waals surface area contributed by atoms with Crippen LogP contribution in [0.2, 0.25) is 0 Å². The van der Waals surface area contributed by atoms with E-state index in [2.05, 4.69) is 18.0 Å². The minimum atomic E-state index is 0.0604. The molecule has 1 fully saturated rings. The average Bonchev–Trinajstić information content (AvgIpc) is 2.94. The normalized spacial score (nSPS) is 15.3. The molecule has 0 atom stereocenters. The number of aryl methyl sites for hydroxylation is 1. The second kappa shape index (κ2) is 5.73. The predicted molar refractivity (Wildman–Crippen MR) is 79.0 cm³/mol. The zero-order valence-electron chi connectivity index (χ0n) is 11.3. The monoisotopic (exact) mass is 288 g/mol. The summed E-state index contributed by atoms with van der Waals surface area (Å²) < 4.78 is 5.28. The van der Waals surface area contributed by atoms with Crippen LogP contribution in [-0.4, -0.2) is 42.1 Å². The van der Waals surface area contributed by atoms with Gasteiger partial charge < -0.3 is 9.64 Å². The highest BCUT2D eigenvalue weighted by atomic mass is 32.1. The molecule has 0 N–H and O–H groups in total. The summed E-state index contributed by atoms with van der Waals surface area (Å²) in [5.74, 6) is 0.0604. The molecule has 1 aliphatic rings. The maximum atomic E-state index is 12.4. The molecule has 2 aromatic rings. The Morgan fingerprint density at radius 1 is 1.30 bits per heavy atom. The number of amides is 1. The molecule has 104 valence electrons. The first kappa shape index (κ1) is 13.3. The zero-order chi connectivity index (χ0) is 13.9. The third-order valence-electron chi connectivity index (χ3n) is 3.30. The van der Waals surface area contributed by atoms with Gasteiger partial charge in [0.1, 0.15) is 0 Å². The Morgan fingerprint density at radius 2 is 2.10 bits per heavy atom. The van der Waals surface area contributed by atoms with E-state index in [0.717, 1.165) is 10.6 Å². The smallest absolute Gasteiger partial charge is 0.254 e. The van der Waals surface area contributed by atoms with Crippen molar-refractivity contribution in [3.8, 4) is 10.6 Å². The molecule has 1 saturated heterocycles. The van der Waals surface area contributed by atoms with E-state index in [-0.39, 0.29) is 5.91 Å². The lowest BCUT2D eigenvalue weighted by Crippen LogP contribution is -2.40. The number of nitrogens with zero attached hydrogens (tertiary/aromatic N) is 2. The summed E-state index contributed by atoms with van der Waals surface area (Å²) in [5.41, 5.74) is 1.56. The molecule has 5 heteroatoms. The van der Waals surface area contributed by atoms with Crippen LogP contribution in [0.25, 0.3) is 10.6 Å². The van der Waals surface area contributed by atoms with Gasteiger partial charge in [-0.05, 0) is 31.2 Å². The lowest BCUT2D eigenvalue weighted by molar-refractivity contribution is 0.0303. The number of hydrogen-bond acceptors (Lipinski definition) is 4. The SMILES string of the molecule is Cc1ccc(-c2cc(C(=O)N3CCOCC3)ccn2)s1. The van der Waals surface area contributed by atoms with E-state index in [1.165, 1.54) is 4.88 Å². The van der Waals surface area contributed by atoms with E-state index < -0.39 is 0 Å². The minimum absolute atomic E-state index is 0.0604. The van der Waals surface area contributed by atoms with E-state index in [0.29, 0.717) is 31.9 Å². The summed E-state index contributed by atoms with van der Waals surface area (Å²) in [7, 11) is 0. The van der Waals surface area contributed by atoms with Gasteiger partial charge in [-0.3, -0.25) is 9.78 Å². The van der Waals surface area contributed by atoms with Gasteiger partial charge in [0.05, 0.1) is 23.8 Å². The Bertz CT molecular complexity index is 618. The lowest BCUT2D eigenvalue weighted by Gasteiger charge is -2.26. The molecule has 0 spiro atoms. The van der Waals surface area contributed by atoms with Gasteiger partial charge in [-0.25, -0.2) is 0 Å². The first-order valence-corrected chi connectivity index (χ1v) is 7.45. The zero-order valence-corrected chi connectivity index (χ0v) is 12.2. The van der Waals surface area contributed by atoms with Crippen LogP contribution in [0.1, 0.15) is 15.2 Å². The van der Waals surface area contributed by atoms with Gasteiger partial charge in [0.25, 0.3) is 5.91 Å². The van der Waals surface area contributed by atoms with Crippen LogP contribution < -0.4 is 0 Å². The fraction of sp³-hybridized carbons (Fsp3) is 0.333. The van der Waals surface area contributed by atoms with E-state index in [4.69, 9.17) is 4.74 Å². The number of rotatable bonds is 2. The van der Waals surface area contributed by atoms with Gasteiger partial charge in [0.2, 0.25) is 0 Å². The molecule has 1 aliphatic heterocycles. The third kappa shape index (κ3) is 2.73. The molecule has 0 aromatic carbocycles. The second-order valence-electron chi connectivity index (χ2n) is 4.74. The van der Waals surface area contributed by atoms with Crippen molar-refractivity contribution in [3.05, 3.63) is 40.9 Å². The molecule has 0 bridgehead atoms. The van der Waals surface area contributed by atoms with Crippen LogP contribution in [0, 0.1) is 6.92 Å². The van der Waals surface area contributed by atoms with Crippen LogP contribution in [0.15, 0.2) is 30.5 Å². The van der Waals surface area contributed by atoms with Gasteiger partial charge in [-0.2, -0.15) is 0 Å². The molecule has 0 aliphatic carbocycles. The van der Waals surface area contributed by atoms with E-state index in [9.17, 15) is 4.79 Å². The largest absolute Gasteiger partial charge is 0.378 e. The number of thiophene rings is 1. The highest BCUT2D eigenvalue weighted by molar-refractivity contribution is 7.15. The summed E-state index contributed by atoms with van der Waals surface area (Å²) in [6, 6.07) is 7.77. The van der Waals surface area contributed by atoms with E-state index in [1.54, 1.807) is 23.6 Å². The molecule has 0 saturated carbocycles. The van der Waals surface area contributed by atoms with Gasteiger partial charge in [0.15, 0.2) is 0 Å². The number of pyridine rings is 1. The fourth-order valence-electron chi connectivity index (χ4n) is 2.22. The third-order valence-corrected chi connectivity index (χ3v) is 4.32. The van der Waals surface area contributed by atoms with Crippen molar-refractivity contribution in [2.75, 3.05) is 26.3 Å². The summed E-state index contributed by atoms with van der Waals surface area (Å²) in [6.07, 6.45) is 1.71. The Kier molecular flexibility index (Phi) is 3.80. The Hall–Kier alpha value is -1.72. The van der Waals surface area contributed by atoms with Crippen molar-refractivity contribution in [2.24, 2.45) is 0 Å². The summed E-state index contributed by atoms with van der Waals surface area (Å²) in [5, 5.41) is 0. The van der Waals surface area contributed by atoms with Crippen LogP contribution in [0.5, 0.6) is 0 Å². The Balaban J connectivity index is 1.85. The van der Waals surface area contributed by atoms with E-state index >= 15 is 0 Å².